The summed E-state index contributed by atoms with van der Waals surface area (Å²) >= 11 is 10.4. The van der Waals surface area contributed by atoms with Crippen molar-refractivity contribution in [3.05, 3.63) is 47.7 Å². The molecule has 0 saturated carbocycles. The standard InChI is InChI=1S/C21H29N7S2.Cu/c1-6-22-20(29)26-24-14(3)19(25-27-21(30)23-7-2)17-13-18(28(5)15(17)4)16-11-9-8-10-12-16;/h8-13H,6-7H2,1-5H3,(H2,22,26,29)(H2,23,27,30);/q;+2/p-2/b24-14+,25-19-;. The van der Waals surface area contributed by atoms with Crippen LogP contribution in [0.15, 0.2) is 56.6 Å². The largest absolute Gasteiger partial charge is 2.00 e. The molecule has 1 aromatic carbocycles. The maximum atomic E-state index is 5.21. The number of aliphatic imine (C=N–C) groups is 2. The Hall–Kier alpha value is -2.26. The molecule has 1 heterocycles. The van der Waals surface area contributed by atoms with Crippen molar-refractivity contribution < 1.29 is 17.1 Å². The van der Waals surface area contributed by atoms with E-state index in [4.69, 9.17) is 25.3 Å². The van der Waals surface area contributed by atoms with Crippen LogP contribution in [0.1, 0.15) is 32.0 Å². The van der Waals surface area contributed by atoms with Gasteiger partial charge in [-0.05, 0) is 49.7 Å². The minimum Gasteiger partial charge on any atom is -0.741 e. The molecule has 0 bridgehead atoms. The minimum atomic E-state index is 0. The van der Waals surface area contributed by atoms with Gasteiger partial charge < -0.3 is 29.8 Å². The predicted octanol–water partition coefficient (Wildman–Crippen LogP) is 3.10. The summed E-state index contributed by atoms with van der Waals surface area (Å²) in [6, 6.07) is 12.3. The van der Waals surface area contributed by atoms with Gasteiger partial charge in [-0.2, -0.15) is 10.2 Å². The number of hydrazone groups is 2. The second-order valence-corrected chi connectivity index (χ2v) is 7.17. The van der Waals surface area contributed by atoms with Crippen molar-refractivity contribution in [2.24, 2.45) is 27.2 Å². The van der Waals surface area contributed by atoms with Crippen LogP contribution in [-0.4, -0.2) is 39.4 Å². The molecule has 169 valence electrons. The fourth-order valence-corrected chi connectivity index (χ4v) is 3.16. The molecule has 10 heteroatoms. The summed E-state index contributed by atoms with van der Waals surface area (Å²) in [6.45, 7) is 8.91. The van der Waals surface area contributed by atoms with Crippen LogP contribution >= 0.6 is 0 Å². The van der Waals surface area contributed by atoms with Gasteiger partial charge in [-0.1, -0.05) is 30.3 Å². The molecule has 0 aliphatic carbocycles. The molecule has 0 aliphatic heterocycles. The van der Waals surface area contributed by atoms with Crippen LogP contribution < -0.4 is 10.9 Å². The number of benzene rings is 1. The molecule has 2 rings (SSSR count). The Morgan fingerprint density at radius 1 is 0.968 bits per heavy atom. The van der Waals surface area contributed by atoms with Gasteiger partial charge in [-0.3, -0.25) is 20.8 Å². The second kappa shape index (κ2) is 13.2. The molecule has 2 aromatic rings. The fourth-order valence-electron chi connectivity index (χ4n) is 2.81. The van der Waals surface area contributed by atoms with Crippen molar-refractivity contribution in [3.63, 3.8) is 0 Å². The maximum absolute atomic E-state index is 5.21. The Morgan fingerprint density at radius 3 is 2.06 bits per heavy atom. The van der Waals surface area contributed by atoms with E-state index in [1.54, 1.807) is 0 Å². The maximum Gasteiger partial charge on any atom is 2.00 e. The fraction of sp³-hybridized carbons (Fsp3) is 0.333. The van der Waals surface area contributed by atoms with Gasteiger partial charge in [0.1, 0.15) is 5.71 Å². The first-order valence-corrected chi connectivity index (χ1v) is 10.5. The molecule has 0 amide bonds. The first kappa shape index (κ1) is 26.8. The summed E-state index contributed by atoms with van der Waals surface area (Å²) in [4.78, 5) is 8.28. The van der Waals surface area contributed by atoms with Gasteiger partial charge in [0.25, 0.3) is 0 Å². The van der Waals surface area contributed by atoms with Crippen molar-refractivity contribution in [1.82, 2.24) is 15.4 Å². The molecule has 1 aromatic heterocycles. The zero-order valence-electron chi connectivity index (χ0n) is 18.2. The molecule has 7 nitrogen and oxygen atoms in total. The van der Waals surface area contributed by atoms with Crippen molar-refractivity contribution in [1.29, 1.82) is 0 Å². The third-order valence-electron chi connectivity index (χ3n) is 4.39. The van der Waals surface area contributed by atoms with Gasteiger partial charge in [0.2, 0.25) is 0 Å². The summed E-state index contributed by atoms with van der Waals surface area (Å²) in [7, 11) is 2.03. The number of nitrogens with one attached hydrogen (secondary N) is 2. The molecule has 0 fully saturated rings. The van der Waals surface area contributed by atoms with Crippen LogP contribution in [0.3, 0.4) is 0 Å². The van der Waals surface area contributed by atoms with E-state index in [-0.39, 0.29) is 17.1 Å². The molecular weight excluding hydrogens is 478 g/mol. The quantitative estimate of drug-likeness (QED) is 0.200. The Kier molecular flexibility index (Phi) is 11.4. The van der Waals surface area contributed by atoms with E-state index in [1.807, 2.05) is 52.9 Å². The van der Waals surface area contributed by atoms with Crippen molar-refractivity contribution in [3.8, 4) is 11.3 Å². The first-order valence-electron chi connectivity index (χ1n) is 9.68. The third-order valence-corrected chi connectivity index (χ3v) is 4.83. The molecule has 31 heavy (non-hydrogen) atoms. The van der Waals surface area contributed by atoms with Gasteiger partial charge in [0, 0.05) is 37.1 Å². The molecule has 2 N–H and O–H groups in total. The molecular formula is C21H27CuN7S2. The molecule has 0 atom stereocenters. The van der Waals surface area contributed by atoms with Crippen molar-refractivity contribution in [2.75, 3.05) is 13.1 Å². The molecule has 0 unspecified atom stereocenters. The average molecular weight is 505 g/mol. The van der Waals surface area contributed by atoms with E-state index in [2.05, 4.69) is 53.8 Å². The number of nitrogens with zero attached hydrogens (tertiary/aromatic N) is 5. The predicted molar refractivity (Wildman–Crippen MR) is 132 cm³/mol. The Morgan fingerprint density at radius 2 is 1.52 bits per heavy atom. The molecule has 0 aliphatic rings. The van der Waals surface area contributed by atoms with Crippen molar-refractivity contribution >= 4 is 47.0 Å². The number of hydrogen-bond acceptors (Lipinski definition) is 6. The van der Waals surface area contributed by atoms with E-state index in [1.165, 1.54) is 0 Å². The van der Waals surface area contributed by atoms with Crippen molar-refractivity contribution in [2.45, 2.75) is 27.7 Å². The number of amidine groups is 2. The van der Waals surface area contributed by atoms with Crippen LogP contribution in [0.2, 0.25) is 0 Å². The normalized spacial score (nSPS) is 13.1. The number of hydrogen-bond donors (Lipinski definition) is 2. The van der Waals surface area contributed by atoms with Crippen LogP contribution in [0.25, 0.3) is 11.3 Å². The Balaban J connectivity index is 0.00000480. The van der Waals surface area contributed by atoms with Gasteiger partial charge in [-0.25, -0.2) is 0 Å². The Bertz CT molecular complexity index is 979. The van der Waals surface area contributed by atoms with E-state index < -0.39 is 0 Å². The van der Waals surface area contributed by atoms with Gasteiger partial charge in [0.15, 0.2) is 0 Å². The van der Waals surface area contributed by atoms with Gasteiger partial charge in [0.05, 0.1) is 5.71 Å². The molecule has 0 spiro atoms. The summed E-state index contributed by atoms with van der Waals surface area (Å²) in [5.74, 6) is 0. The third kappa shape index (κ3) is 7.43. The first-order chi connectivity index (χ1) is 14.4. The molecule has 1 radical (unpaired) electrons. The van der Waals surface area contributed by atoms with Gasteiger partial charge in [-0.15, -0.1) is 0 Å². The average Bonchev–Trinajstić information content (AvgIpc) is 3.02. The zero-order chi connectivity index (χ0) is 22.1. The molecule has 0 saturated heterocycles. The van der Waals surface area contributed by atoms with E-state index >= 15 is 0 Å². The summed E-state index contributed by atoms with van der Waals surface area (Å²) in [5.41, 5.74) is 11.1. The van der Waals surface area contributed by atoms with Crippen LogP contribution in [0.4, 0.5) is 0 Å². The van der Waals surface area contributed by atoms with E-state index in [0.29, 0.717) is 34.8 Å². The SMILES string of the molecule is CCN=C([S-])N/N=C(C)/C(=N/NC([S-])=NCC)c1cc(-c2ccccc2)n(C)c1C.[Cu+2]. The van der Waals surface area contributed by atoms with Crippen LogP contribution in [0, 0.1) is 6.92 Å². The van der Waals surface area contributed by atoms with Crippen LogP contribution in [0.5, 0.6) is 0 Å². The summed E-state index contributed by atoms with van der Waals surface area (Å²) in [6.07, 6.45) is 0. The number of rotatable bonds is 7. The minimum absolute atomic E-state index is 0. The second-order valence-electron chi connectivity index (χ2n) is 6.39. The van der Waals surface area contributed by atoms with Gasteiger partial charge >= 0.3 is 17.1 Å². The summed E-state index contributed by atoms with van der Waals surface area (Å²) < 4.78 is 2.13. The Labute approximate surface area is 205 Å². The number of aromatic nitrogens is 1. The topological polar surface area (TPSA) is 78.4 Å². The van der Waals surface area contributed by atoms with Crippen LogP contribution in [-0.2, 0) is 49.4 Å². The van der Waals surface area contributed by atoms with E-state index in [9.17, 15) is 0 Å². The van der Waals surface area contributed by atoms with E-state index in [0.717, 1.165) is 22.5 Å². The zero-order valence-corrected chi connectivity index (χ0v) is 20.8. The monoisotopic (exact) mass is 504 g/mol. The summed E-state index contributed by atoms with van der Waals surface area (Å²) in [5, 5.41) is 9.55. The smallest absolute Gasteiger partial charge is 0.741 e.